The number of aromatic nitrogens is 2. The van der Waals surface area contributed by atoms with Crippen molar-refractivity contribution in [3.63, 3.8) is 0 Å². The van der Waals surface area contributed by atoms with E-state index < -0.39 is 17.0 Å². The minimum Gasteiger partial charge on any atom is -0.501 e. The second kappa shape index (κ2) is 1.90. The molecule has 5 N–H and O–H groups in total. The molecule has 10 heavy (non-hydrogen) atoms. The summed E-state index contributed by atoms with van der Waals surface area (Å²) in [5.41, 5.74) is 3.37. The highest BCUT2D eigenvalue weighted by Gasteiger charge is 2.01. The molecular formula is C4H5N3O3. The maximum Gasteiger partial charge on any atom is 0.327 e. The van der Waals surface area contributed by atoms with Gasteiger partial charge in [0.05, 0.1) is 0 Å². The van der Waals surface area contributed by atoms with Gasteiger partial charge in [-0.2, -0.15) is 0 Å². The molecule has 0 radical (unpaired) electrons. The van der Waals surface area contributed by atoms with Crippen molar-refractivity contribution in [3.8, 4) is 5.75 Å². The van der Waals surface area contributed by atoms with E-state index in [0.717, 1.165) is 0 Å². The van der Waals surface area contributed by atoms with Crippen molar-refractivity contribution in [2.45, 2.75) is 0 Å². The predicted molar refractivity (Wildman–Crippen MR) is 33.8 cm³/mol. The van der Waals surface area contributed by atoms with Gasteiger partial charge in [0.2, 0.25) is 5.75 Å². The Kier molecular flexibility index (Phi) is 1.22. The van der Waals surface area contributed by atoms with E-state index in [1.807, 2.05) is 4.98 Å². The van der Waals surface area contributed by atoms with E-state index in [-0.39, 0.29) is 5.82 Å². The third-order valence-electron chi connectivity index (χ3n) is 0.945. The van der Waals surface area contributed by atoms with Crippen LogP contribution in [0, 0.1) is 0 Å². The van der Waals surface area contributed by atoms with Crippen LogP contribution in [0.4, 0.5) is 5.82 Å². The Morgan fingerprint density at radius 1 is 1.30 bits per heavy atom. The lowest BCUT2D eigenvalue weighted by molar-refractivity contribution is 0.465. The van der Waals surface area contributed by atoms with Crippen molar-refractivity contribution in [1.82, 2.24) is 9.97 Å². The molecule has 0 aromatic carbocycles. The first kappa shape index (κ1) is 6.40. The molecule has 0 saturated heterocycles. The van der Waals surface area contributed by atoms with Gasteiger partial charge in [-0.25, -0.2) is 4.79 Å². The Morgan fingerprint density at radius 2 is 1.90 bits per heavy atom. The zero-order valence-electron chi connectivity index (χ0n) is 4.84. The average Bonchev–Trinajstić information content (AvgIpc) is 1.82. The van der Waals surface area contributed by atoms with E-state index in [4.69, 9.17) is 10.8 Å². The van der Waals surface area contributed by atoms with Crippen molar-refractivity contribution in [1.29, 1.82) is 0 Å². The largest absolute Gasteiger partial charge is 0.501 e. The molecule has 0 unspecified atom stereocenters. The Labute approximate surface area is 54.3 Å². The summed E-state index contributed by atoms with van der Waals surface area (Å²) in [6.45, 7) is 0. The van der Waals surface area contributed by atoms with Gasteiger partial charge in [0.1, 0.15) is 0 Å². The van der Waals surface area contributed by atoms with Gasteiger partial charge < -0.3 is 10.8 Å². The fourth-order valence-electron chi connectivity index (χ4n) is 0.497. The Balaban J connectivity index is 3.62. The fraction of sp³-hybridized carbons (Fsp3) is 0. The van der Waals surface area contributed by atoms with Crippen LogP contribution in [0.2, 0.25) is 0 Å². The zero-order valence-corrected chi connectivity index (χ0v) is 4.84. The molecule has 0 bridgehead atoms. The molecule has 0 aliphatic carbocycles. The van der Waals surface area contributed by atoms with E-state index in [1.165, 1.54) is 0 Å². The van der Waals surface area contributed by atoms with Crippen molar-refractivity contribution >= 4 is 5.82 Å². The van der Waals surface area contributed by atoms with E-state index in [2.05, 4.69) is 0 Å². The number of H-pyrrole nitrogens is 2. The normalized spacial score (nSPS) is 9.60. The number of nitrogen functional groups attached to an aromatic ring is 1. The number of rotatable bonds is 0. The number of anilines is 1. The summed E-state index contributed by atoms with van der Waals surface area (Å²) < 4.78 is 0. The van der Waals surface area contributed by atoms with Crippen LogP contribution < -0.4 is 17.0 Å². The maximum absolute atomic E-state index is 10.5. The van der Waals surface area contributed by atoms with Gasteiger partial charge in [0.15, 0.2) is 5.82 Å². The SMILES string of the molecule is Nc1[nH]c(=O)[nH]c(=O)c1O. The molecule has 1 aromatic rings. The second-order valence-electron chi connectivity index (χ2n) is 1.67. The minimum atomic E-state index is -0.888. The van der Waals surface area contributed by atoms with E-state index in [9.17, 15) is 9.59 Å². The molecule has 0 atom stereocenters. The molecule has 0 amide bonds. The van der Waals surface area contributed by atoms with Gasteiger partial charge in [-0.1, -0.05) is 0 Å². The van der Waals surface area contributed by atoms with Gasteiger partial charge in [-0.05, 0) is 0 Å². The fourth-order valence-corrected chi connectivity index (χ4v) is 0.497. The molecule has 1 rings (SSSR count). The number of aromatic amines is 2. The van der Waals surface area contributed by atoms with Gasteiger partial charge >= 0.3 is 5.69 Å². The zero-order chi connectivity index (χ0) is 7.72. The maximum atomic E-state index is 10.5. The van der Waals surface area contributed by atoms with Gasteiger partial charge in [-0.3, -0.25) is 14.8 Å². The highest BCUT2D eigenvalue weighted by molar-refractivity contribution is 5.41. The summed E-state index contributed by atoms with van der Waals surface area (Å²) in [6.07, 6.45) is 0. The summed E-state index contributed by atoms with van der Waals surface area (Å²) >= 11 is 0. The van der Waals surface area contributed by atoms with E-state index in [0.29, 0.717) is 0 Å². The lowest BCUT2D eigenvalue weighted by Crippen LogP contribution is -2.22. The quantitative estimate of drug-likeness (QED) is 0.348. The summed E-state index contributed by atoms with van der Waals surface area (Å²) in [7, 11) is 0. The van der Waals surface area contributed by atoms with Crippen LogP contribution in [0.1, 0.15) is 0 Å². The Hall–Kier alpha value is -1.72. The second-order valence-corrected chi connectivity index (χ2v) is 1.67. The first-order valence-electron chi connectivity index (χ1n) is 2.42. The van der Waals surface area contributed by atoms with Crippen molar-refractivity contribution < 1.29 is 5.11 Å². The van der Waals surface area contributed by atoms with Crippen LogP contribution in [-0.4, -0.2) is 15.1 Å². The molecule has 0 aliphatic rings. The third-order valence-corrected chi connectivity index (χ3v) is 0.945. The molecule has 54 valence electrons. The van der Waals surface area contributed by atoms with Crippen molar-refractivity contribution in [2.24, 2.45) is 0 Å². The molecule has 0 aliphatic heterocycles. The standard InChI is InChI=1S/C4H5N3O3/c5-2-1(8)3(9)7-4(10)6-2/h8H,(H4,5,6,7,9,10). The van der Waals surface area contributed by atoms with Crippen LogP contribution in [0.3, 0.4) is 0 Å². The molecule has 6 nitrogen and oxygen atoms in total. The Bertz CT molecular complexity index is 350. The summed E-state index contributed by atoms with van der Waals surface area (Å²) in [5, 5.41) is 8.69. The first-order chi connectivity index (χ1) is 4.61. The predicted octanol–water partition coefficient (Wildman–Crippen LogP) is -1.65. The summed E-state index contributed by atoms with van der Waals surface area (Å²) in [5.74, 6) is -0.992. The van der Waals surface area contributed by atoms with Gasteiger partial charge in [-0.15, -0.1) is 0 Å². The lowest BCUT2D eigenvalue weighted by atomic mass is 10.5. The first-order valence-corrected chi connectivity index (χ1v) is 2.42. The molecule has 0 spiro atoms. The van der Waals surface area contributed by atoms with E-state index in [1.54, 1.807) is 4.98 Å². The molecule has 1 heterocycles. The summed E-state index contributed by atoms with van der Waals surface area (Å²) in [4.78, 5) is 24.6. The number of aromatic hydroxyl groups is 1. The Morgan fingerprint density at radius 3 is 2.40 bits per heavy atom. The highest BCUT2D eigenvalue weighted by Crippen LogP contribution is 2.03. The van der Waals surface area contributed by atoms with Crippen LogP contribution in [0.15, 0.2) is 9.59 Å². The van der Waals surface area contributed by atoms with Crippen LogP contribution in [0.25, 0.3) is 0 Å². The monoisotopic (exact) mass is 143 g/mol. The molecule has 0 fully saturated rings. The number of nitrogens with one attached hydrogen (secondary N) is 2. The van der Waals surface area contributed by atoms with Crippen molar-refractivity contribution in [3.05, 3.63) is 20.8 Å². The lowest BCUT2D eigenvalue weighted by Gasteiger charge is -1.92. The summed E-state index contributed by atoms with van der Waals surface area (Å²) in [6, 6.07) is 0. The minimum absolute atomic E-state index is 0.325. The topological polar surface area (TPSA) is 112 Å². The van der Waals surface area contributed by atoms with E-state index >= 15 is 0 Å². The van der Waals surface area contributed by atoms with Crippen molar-refractivity contribution in [2.75, 3.05) is 5.73 Å². The number of nitrogens with two attached hydrogens (primary N) is 1. The average molecular weight is 143 g/mol. The smallest absolute Gasteiger partial charge is 0.327 e. The highest BCUT2D eigenvalue weighted by atomic mass is 16.3. The van der Waals surface area contributed by atoms with Crippen LogP contribution >= 0.6 is 0 Å². The molecule has 1 aromatic heterocycles. The van der Waals surface area contributed by atoms with Gasteiger partial charge in [0.25, 0.3) is 5.56 Å². The van der Waals surface area contributed by atoms with Crippen LogP contribution in [0.5, 0.6) is 5.75 Å². The third kappa shape index (κ3) is 0.859. The molecular weight excluding hydrogens is 138 g/mol. The van der Waals surface area contributed by atoms with Gasteiger partial charge in [0, 0.05) is 0 Å². The molecule has 0 saturated carbocycles. The molecule has 6 heteroatoms. The number of hydrogen-bond donors (Lipinski definition) is 4. The number of hydrogen-bond acceptors (Lipinski definition) is 4. The van der Waals surface area contributed by atoms with Crippen LogP contribution in [-0.2, 0) is 0 Å².